The van der Waals surface area contributed by atoms with Crippen LogP contribution in [-0.4, -0.2) is 17.0 Å². The molecule has 0 aliphatic rings. The predicted octanol–water partition coefficient (Wildman–Crippen LogP) is 4.05. The lowest BCUT2D eigenvalue weighted by molar-refractivity contribution is -0.117. The molecule has 1 atom stereocenters. The van der Waals surface area contributed by atoms with Crippen molar-refractivity contribution in [1.82, 2.24) is 0 Å². The van der Waals surface area contributed by atoms with Crippen molar-refractivity contribution in [3.63, 3.8) is 0 Å². The number of hydrogen-bond donors (Lipinski definition) is 2. The van der Waals surface area contributed by atoms with Gasteiger partial charge in [0.05, 0.1) is 5.56 Å². The summed E-state index contributed by atoms with van der Waals surface area (Å²) in [7, 11) is 0. The van der Waals surface area contributed by atoms with Crippen LogP contribution in [0.25, 0.3) is 0 Å². The number of carbonyl (C=O) groups excluding carboxylic acids is 1. The molecule has 2 N–H and O–H groups in total. The van der Waals surface area contributed by atoms with Gasteiger partial charge in [-0.3, -0.25) is 4.79 Å². The van der Waals surface area contributed by atoms with Crippen LogP contribution in [0, 0.1) is 11.3 Å². The van der Waals surface area contributed by atoms with E-state index in [0.29, 0.717) is 12.1 Å². The molecular weight excluding hydrogens is 278 g/mol. The summed E-state index contributed by atoms with van der Waals surface area (Å²) in [6, 6.07) is 4.28. The lowest BCUT2D eigenvalue weighted by Crippen LogP contribution is -2.24. The molecule has 1 aromatic rings. The topological polar surface area (TPSA) is 66.4 Å². The van der Waals surface area contributed by atoms with E-state index in [2.05, 4.69) is 26.1 Å². The zero-order chi connectivity index (χ0) is 15.5. The number of carboxylic acid groups (broad SMARTS) is 1. The Morgan fingerprint density at radius 1 is 1.30 bits per heavy atom. The molecule has 0 aliphatic heterocycles. The number of amides is 1. The SMILES string of the molecule is CC(CC(=O)Nc1cc(Cl)cc(C(=O)O)c1)C(C)(C)C. The minimum atomic E-state index is -1.08. The standard InChI is InChI=1S/C15H20ClNO3/c1-9(15(2,3)4)5-13(18)17-12-7-10(14(19)20)6-11(16)8-12/h6-9H,5H2,1-4H3,(H,17,18)(H,19,20). The third-order valence-electron chi connectivity index (χ3n) is 3.40. The molecule has 5 heteroatoms. The summed E-state index contributed by atoms with van der Waals surface area (Å²) in [6.45, 7) is 8.24. The Kier molecular flexibility index (Phi) is 5.17. The normalized spacial score (nSPS) is 12.8. The second-order valence-corrected chi connectivity index (χ2v) is 6.49. The van der Waals surface area contributed by atoms with Crippen molar-refractivity contribution in [3.05, 3.63) is 28.8 Å². The second-order valence-electron chi connectivity index (χ2n) is 6.05. The van der Waals surface area contributed by atoms with Crippen molar-refractivity contribution in [3.8, 4) is 0 Å². The molecule has 0 saturated carbocycles. The van der Waals surface area contributed by atoms with Crippen molar-refractivity contribution in [2.24, 2.45) is 11.3 Å². The summed E-state index contributed by atoms with van der Waals surface area (Å²) in [6.07, 6.45) is 0.373. The molecule has 0 fully saturated rings. The molecular formula is C15H20ClNO3. The van der Waals surface area contributed by atoms with Crippen LogP contribution >= 0.6 is 11.6 Å². The fourth-order valence-electron chi connectivity index (χ4n) is 1.58. The number of aromatic carboxylic acids is 1. The summed E-state index contributed by atoms with van der Waals surface area (Å²) in [5.41, 5.74) is 0.496. The highest BCUT2D eigenvalue weighted by Crippen LogP contribution is 2.28. The highest BCUT2D eigenvalue weighted by Gasteiger charge is 2.22. The molecule has 110 valence electrons. The number of nitrogens with one attached hydrogen (secondary N) is 1. The van der Waals surface area contributed by atoms with E-state index in [9.17, 15) is 9.59 Å². The van der Waals surface area contributed by atoms with Crippen LogP contribution in [0.15, 0.2) is 18.2 Å². The maximum Gasteiger partial charge on any atom is 0.335 e. The van der Waals surface area contributed by atoms with Gasteiger partial charge in [0.25, 0.3) is 0 Å². The fourth-order valence-corrected chi connectivity index (χ4v) is 1.82. The van der Waals surface area contributed by atoms with Gasteiger partial charge in [-0.25, -0.2) is 4.79 Å². The van der Waals surface area contributed by atoms with Gasteiger partial charge in [-0.2, -0.15) is 0 Å². The molecule has 0 saturated heterocycles. The minimum Gasteiger partial charge on any atom is -0.478 e. The number of halogens is 1. The van der Waals surface area contributed by atoms with Crippen LogP contribution in [0.3, 0.4) is 0 Å². The van der Waals surface area contributed by atoms with Crippen LogP contribution in [0.1, 0.15) is 44.5 Å². The molecule has 0 bridgehead atoms. The largest absolute Gasteiger partial charge is 0.478 e. The Morgan fingerprint density at radius 2 is 1.90 bits per heavy atom. The van der Waals surface area contributed by atoms with Gasteiger partial charge in [-0.05, 0) is 29.5 Å². The van der Waals surface area contributed by atoms with Gasteiger partial charge in [0.1, 0.15) is 0 Å². The molecule has 0 aliphatic carbocycles. The maximum atomic E-state index is 12.0. The third-order valence-corrected chi connectivity index (χ3v) is 3.62. The van der Waals surface area contributed by atoms with Gasteiger partial charge in [0, 0.05) is 17.1 Å². The van der Waals surface area contributed by atoms with E-state index < -0.39 is 5.97 Å². The smallest absolute Gasteiger partial charge is 0.335 e. The van der Waals surface area contributed by atoms with Gasteiger partial charge >= 0.3 is 5.97 Å². The summed E-state index contributed by atoms with van der Waals surface area (Å²) in [5, 5.41) is 11.9. The van der Waals surface area contributed by atoms with Crippen LogP contribution in [-0.2, 0) is 4.79 Å². The first kappa shape index (κ1) is 16.5. The number of carboxylic acids is 1. The van der Waals surface area contributed by atoms with E-state index in [1.165, 1.54) is 18.2 Å². The van der Waals surface area contributed by atoms with Crippen LogP contribution in [0.4, 0.5) is 5.69 Å². The van der Waals surface area contributed by atoms with Crippen molar-refractivity contribution in [1.29, 1.82) is 0 Å². The molecule has 1 aromatic carbocycles. The van der Waals surface area contributed by atoms with Crippen LogP contribution < -0.4 is 5.32 Å². The first-order chi connectivity index (χ1) is 9.09. The van der Waals surface area contributed by atoms with Gasteiger partial charge in [-0.1, -0.05) is 39.3 Å². The number of rotatable bonds is 4. The van der Waals surface area contributed by atoms with E-state index >= 15 is 0 Å². The van der Waals surface area contributed by atoms with Crippen molar-refractivity contribution in [2.45, 2.75) is 34.1 Å². The van der Waals surface area contributed by atoms with Crippen molar-refractivity contribution < 1.29 is 14.7 Å². The summed E-state index contributed by atoms with van der Waals surface area (Å²) >= 11 is 5.84. The molecule has 1 amide bonds. The molecule has 1 rings (SSSR count). The van der Waals surface area contributed by atoms with E-state index in [0.717, 1.165) is 0 Å². The quantitative estimate of drug-likeness (QED) is 0.881. The van der Waals surface area contributed by atoms with Gasteiger partial charge < -0.3 is 10.4 Å². The monoisotopic (exact) mass is 297 g/mol. The Balaban J connectivity index is 2.78. The minimum absolute atomic E-state index is 0.0396. The Hall–Kier alpha value is -1.55. The molecule has 4 nitrogen and oxygen atoms in total. The molecule has 0 radical (unpaired) electrons. The molecule has 0 spiro atoms. The Bertz CT molecular complexity index is 520. The number of carbonyl (C=O) groups is 2. The lowest BCUT2D eigenvalue weighted by atomic mass is 9.80. The van der Waals surface area contributed by atoms with Gasteiger partial charge in [0.15, 0.2) is 0 Å². The average molecular weight is 298 g/mol. The van der Waals surface area contributed by atoms with Gasteiger partial charge in [0.2, 0.25) is 5.91 Å². The van der Waals surface area contributed by atoms with Crippen LogP contribution in [0.2, 0.25) is 5.02 Å². The average Bonchev–Trinajstić information content (AvgIpc) is 2.26. The molecule has 0 aromatic heterocycles. The lowest BCUT2D eigenvalue weighted by Gasteiger charge is -2.26. The number of hydrogen-bond acceptors (Lipinski definition) is 2. The number of benzene rings is 1. The first-order valence-corrected chi connectivity index (χ1v) is 6.81. The third kappa shape index (κ3) is 4.85. The molecule has 1 unspecified atom stereocenters. The summed E-state index contributed by atoms with van der Waals surface area (Å²) in [5.74, 6) is -1.02. The number of anilines is 1. The van der Waals surface area contributed by atoms with E-state index in [4.69, 9.17) is 16.7 Å². The predicted molar refractivity (Wildman–Crippen MR) is 80.3 cm³/mol. The van der Waals surface area contributed by atoms with Crippen LogP contribution in [0.5, 0.6) is 0 Å². The fraction of sp³-hybridized carbons (Fsp3) is 0.467. The zero-order valence-corrected chi connectivity index (χ0v) is 12.9. The molecule has 0 heterocycles. The van der Waals surface area contributed by atoms with Crippen molar-refractivity contribution in [2.75, 3.05) is 5.32 Å². The zero-order valence-electron chi connectivity index (χ0n) is 12.2. The van der Waals surface area contributed by atoms with Gasteiger partial charge in [-0.15, -0.1) is 0 Å². The van der Waals surface area contributed by atoms with E-state index in [-0.39, 0.29) is 27.8 Å². The first-order valence-electron chi connectivity index (χ1n) is 6.43. The van der Waals surface area contributed by atoms with E-state index in [1.54, 1.807) is 0 Å². The van der Waals surface area contributed by atoms with Crippen molar-refractivity contribution >= 4 is 29.2 Å². The highest BCUT2D eigenvalue weighted by atomic mass is 35.5. The highest BCUT2D eigenvalue weighted by molar-refractivity contribution is 6.31. The van der Waals surface area contributed by atoms with E-state index in [1.807, 2.05) is 6.92 Å². The Morgan fingerprint density at radius 3 is 2.40 bits per heavy atom. The maximum absolute atomic E-state index is 12.0. The second kappa shape index (κ2) is 6.27. The molecule has 20 heavy (non-hydrogen) atoms. The summed E-state index contributed by atoms with van der Waals surface area (Å²) in [4.78, 5) is 22.9. The Labute approximate surface area is 124 Å². The summed E-state index contributed by atoms with van der Waals surface area (Å²) < 4.78 is 0.